The molecule has 0 aliphatic carbocycles. The number of alkyl halides is 1. The van der Waals surface area contributed by atoms with Crippen LogP contribution in [-0.4, -0.2) is 37.2 Å². The lowest BCUT2D eigenvalue weighted by Gasteiger charge is -2.49. The van der Waals surface area contributed by atoms with Gasteiger partial charge in [-0.05, 0) is 6.92 Å². The van der Waals surface area contributed by atoms with Gasteiger partial charge in [0.15, 0.2) is 9.58 Å². The number of halogens is 1. The minimum absolute atomic E-state index is 0.0739. The molecule has 2 aliphatic heterocycles. The van der Waals surface area contributed by atoms with E-state index in [0.717, 1.165) is 22.1 Å². The van der Waals surface area contributed by atoms with E-state index in [1.807, 2.05) is 31.2 Å². The van der Waals surface area contributed by atoms with E-state index < -0.39 is 5.38 Å². The third-order valence-corrected chi connectivity index (χ3v) is 8.84. The Labute approximate surface area is 145 Å². The minimum Gasteiger partial charge on any atom is -0.272 e. The summed E-state index contributed by atoms with van der Waals surface area (Å²) in [5.41, 5.74) is 2.22. The molecule has 1 unspecified atom stereocenters. The van der Waals surface area contributed by atoms with Gasteiger partial charge in [-0.2, -0.15) is 0 Å². The molecule has 1 aromatic carbocycles. The van der Waals surface area contributed by atoms with E-state index in [1.54, 1.807) is 28.4 Å². The molecule has 8 heteroatoms. The molecule has 2 saturated heterocycles. The van der Waals surface area contributed by atoms with Crippen LogP contribution in [0.3, 0.4) is 0 Å². The third kappa shape index (κ3) is 2.10. The van der Waals surface area contributed by atoms with Gasteiger partial charge in [0.1, 0.15) is 5.01 Å². The Kier molecular flexibility index (Phi) is 3.64. The van der Waals surface area contributed by atoms with Gasteiger partial charge in [-0.1, -0.05) is 41.2 Å². The number of thioether (sulfide) groups is 2. The van der Waals surface area contributed by atoms with Crippen LogP contribution in [0.2, 0.25) is 0 Å². The second-order valence-electron chi connectivity index (χ2n) is 5.12. The first-order chi connectivity index (χ1) is 10.6. The van der Waals surface area contributed by atoms with Crippen molar-refractivity contribution < 1.29 is 4.79 Å². The van der Waals surface area contributed by atoms with Gasteiger partial charge < -0.3 is 0 Å². The van der Waals surface area contributed by atoms with E-state index >= 15 is 0 Å². The van der Waals surface area contributed by atoms with Gasteiger partial charge in [-0.3, -0.25) is 9.69 Å². The Balaban J connectivity index is 1.66. The second-order valence-corrected chi connectivity index (χ2v) is 9.41. The van der Waals surface area contributed by atoms with E-state index in [0.29, 0.717) is 5.13 Å². The fourth-order valence-electron chi connectivity index (χ4n) is 2.51. The fraction of sp³-hybridized carbons (Fsp3) is 0.357. The molecule has 4 nitrogen and oxygen atoms in total. The number of rotatable bonds is 2. The maximum absolute atomic E-state index is 12.2. The van der Waals surface area contributed by atoms with Crippen molar-refractivity contribution in [2.75, 3.05) is 16.4 Å². The molecule has 1 amide bonds. The maximum Gasteiger partial charge on any atom is 0.253 e. The summed E-state index contributed by atoms with van der Waals surface area (Å²) in [7, 11) is 0. The largest absolute Gasteiger partial charge is 0.272 e. The standard InChI is InChI=1S/C14H12ClN3OS3/c1-8-2-4-9(5-3-8)11-16-17-13(22-11)18-12(19)10(15)14(18)20-6-7-21-14/h2-5,10H,6-7H2,1H3. The lowest BCUT2D eigenvalue weighted by Crippen LogP contribution is -2.68. The first kappa shape index (κ1) is 14.8. The highest BCUT2D eigenvalue weighted by Gasteiger charge is 2.64. The van der Waals surface area contributed by atoms with Crippen LogP contribution < -0.4 is 4.90 Å². The first-order valence-electron chi connectivity index (χ1n) is 6.78. The summed E-state index contributed by atoms with van der Waals surface area (Å²) in [4.78, 5) is 13.9. The molecule has 22 heavy (non-hydrogen) atoms. The van der Waals surface area contributed by atoms with Crippen molar-refractivity contribution >= 4 is 57.5 Å². The van der Waals surface area contributed by atoms with E-state index in [-0.39, 0.29) is 10.1 Å². The normalized spacial score (nSPS) is 23.1. The zero-order valence-corrected chi connectivity index (χ0v) is 14.9. The number of carbonyl (C=O) groups is 1. The highest BCUT2D eigenvalue weighted by molar-refractivity contribution is 8.21. The van der Waals surface area contributed by atoms with E-state index in [9.17, 15) is 4.79 Å². The Morgan fingerprint density at radius 1 is 1.23 bits per heavy atom. The molecule has 0 bridgehead atoms. The predicted molar refractivity (Wildman–Crippen MR) is 94.9 cm³/mol. The van der Waals surface area contributed by atoms with Crippen LogP contribution in [0.4, 0.5) is 5.13 Å². The van der Waals surface area contributed by atoms with Crippen LogP contribution in [0.5, 0.6) is 0 Å². The number of anilines is 1. The first-order valence-corrected chi connectivity index (χ1v) is 10.0. The summed E-state index contributed by atoms with van der Waals surface area (Å²) in [6, 6.07) is 8.14. The Morgan fingerprint density at radius 3 is 2.59 bits per heavy atom. The number of β-lactam (4-membered cyclic amide) rings is 1. The number of hydrogen-bond acceptors (Lipinski definition) is 6. The van der Waals surface area contributed by atoms with Crippen LogP contribution in [0.1, 0.15) is 5.56 Å². The topological polar surface area (TPSA) is 46.1 Å². The van der Waals surface area contributed by atoms with Crippen molar-refractivity contribution in [3.8, 4) is 10.6 Å². The van der Waals surface area contributed by atoms with Crippen LogP contribution >= 0.6 is 46.5 Å². The molecule has 1 spiro atoms. The van der Waals surface area contributed by atoms with Gasteiger partial charge in [0, 0.05) is 17.1 Å². The van der Waals surface area contributed by atoms with Gasteiger partial charge in [0.05, 0.1) is 0 Å². The van der Waals surface area contributed by atoms with Gasteiger partial charge in [0.25, 0.3) is 5.91 Å². The quantitative estimate of drug-likeness (QED) is 0.597. The summed E-state index contributed by atoms with van der Waals surface area (Å²) >= 11 is 11.2. The third-order valence-electron chi connectivity index (χ3n) is 3.67. The minimum atomic E-state index is -0.475. The molecule has 114 valence electrons. The Morgan fingerprint density at radius 2 is 1.91 bits per heavy atom. The van der Waals surface area contributed by atoms with Crippen molar-refractivity contribution in [3.63, 3.8) is 0 Å². The van der Waals surface area contributed by atoms with Gasteiger partial charge >= 0.3 is 0 Å². The van der Waals surface area contributed by atoms with Crippen molar-refractivity contribution in [1.29, 1.82) is 0 Å². The van der Waals surface area contributed by atoms with Gasteiger partial charge in [-0.25, -0.2) is 0 Å². The highest BCUT2D eigenvalue weighted by atomic mass is 35.5. The molecule has 2 aromatic rings. The zero-order chi connectivity index (χ0) is 15.3. The number of nitrogens with zero attached hydrogens (tertiary/aromatic N) is 3. The van der Waals surface area contributed by atoms with Crippen molar-refractivity contribution in [2.45, 2.75) is 16.5 Å². The summed E-state index contributed by atoms with van der Waals surface area (Å²) in [5.74, 6) is 1.93. The summed E-state index contributed by atoms with van der Waals surface area (Å²) in [6.07, 6.45) is 0. The SMILES string of the molecule is Cc1ccc(-c2nnc(N3C(=O)C(Cl)C34SCCS4)s2)cc1. The number of aromatic nitrogens is 2. The average molecular weight is 370 g/mol. The molecule has 2 fully saturated rings. The molecule has 1 aromatic heterocycles. The predicted octanol–water partition coefficient (Wildman–Crippen LogP) is 3.60. The lowest BCUT2D eigenvalue weighted by atomic mass is 10.2. The van der Waals surface area contributed by atoms with Crippen LogP contribution in [0, 0.1) is 6.92 Å². The summed E-state index contributed by atoms with van der Waals surface area (Å²) in [5, 5.41) is 9.46. The molecule has 0 N–H and O–H groups in total. The molecule has 1 atom stereocenters. The van der Waals surface area contributed by atoms with Crippen molar-refractivity contribution in [2.24, 2.45) is 0 Å². The van der Waals surface area contributed by atoms with Crippen LogP contribution in [0.25, 0.3) is 10.6 Å². The number of amides is 1. The highest BCUT2D eigenvalue weighted by Crippen LogP contribution is 2.58. The zero-order valence-electron chi connectivity index (χ0n) is 11.7. The van der Waals surface area contributed by atoms with Crippen LogP contribution in [0.15, 0.2) is 24.3 Å². The maximum atomic E-state index is 12.2. The molecular formula is C14H12ClN3OS3. The lowest BCUT2D eigenvalue weighted by molar-refractivity contribution is -0.122. The van der Waals surface area contributed by atoms with E-state index in [4.69, 9.17) is 11.6 Å². The van der Waals surface area contributed by atoms with Crippen molar-refractivity contribution in [1.82, 2.24) is 10.2 Å². The molecular weight excluding hydrogens is 358 g/mol. The van der Waals surface area contributed by atoms with Crippen molar-refractivity contribution in [3.05, 3.63) is 29.8 Å². The van der Waals surface area contributed by atoms with Crippen LogP contribution in [-0.2, 0) is 4.79 Å². The van der Waals surface area contributed by atoms with Gasteiger partial charge in [0.2, 0.25) is 5.13 Å². The molecule has 3 heterocycles. The van der Waals surface area contributed by atoms with Gasteiger partial charge in [-0.15, -0.1) is 45.3 Å². The van der Waals surface area contributed by atoms with E-state index in [1.165, 1.54) is 16.9 Å². The molecule has 0 saturated carbocycles. The summed E-state index contributed by atoms with van der Waals surface area (Å²) < 4.78 is -0.386. The fourth-order valence-corrected chi connectivity index (χ4v) is 7.30. The number of benzene rings is 1. The number of carbonyl (C=O) groups excluding carboxylic acids is 1. The molecule has 0 radical (unpaired) electrons. The Hall–Kier alpha value is -0.760. The number of aryl methyl sites for hydroxylation is 1. The smallest absolute Gasteiger partial charge is 0.253 e. The molecule has 4 rings (SSSR count). The monoisotopic (exact) mass is 369 g/mol. The Bertz CT molecular complexity index is 727. The average Bonchev–Trinajstić information content (AvgIpc) is 3.19. The molecule has 2 aliphatic rings. The number of hydrogen-bond donors (Lipinski definition) is 0. The second kappa shape index (κ2) is 5.40. The summed E-state index contributed by atoms with van der Waals surface area (Å²) in [6.45, 7) is 2.05. The van der Waals surface area contributed by atoms with E-state index in [2.05, 4.69) is 10.2 Å².